The number of nitrogens with zero attached hydrogens (tertiary/aromatic N) is 4. The highest BCUT2D eigenvalue weighted by Gasteiger charge is 2.30. The molecular formula is C25H34N7O7P. The van der Waals surface area contributed by atoms with Crippen molar-refractivity contribution in [2.75, 3.05) is 12.7 Å². The van der Waals surface area contributed by atoms with E-state index in [0.717, 1.165) is 11.4 Å². The first-order chi connectivity index (χ1) is 18.5. The molecule has 6 N–H and O–H groups in total. The number of imidazole rings is 2. The quantitative estimate of drug-likeness (QED) is 0.227. The second kappa shape index (κ2) is 10.7. The van der Waals surface area contributed by atoms with Crippen LogP contribution in [0.2, 0.25) is 0 Å². The van der Waals surface area contributed by atoms with Crippen LogP contribution in [0.3, 0.4) is 0 Å². The van der Waals surface area contributed by atoms with Gasteiger partial charge in [0.1, 0.15) is 17.7 Å². The van der Waals surface area contributed by atoms with Gasteiger partial charge in [-0.2, -0.15) is 0 Å². The first kappa shape index (κ1) is 29.2. The number of benzene rings is 1. The molecule has 216 valence electrons. The summed E-state index contributed by atoms with van der Waals surface area (Å²) in [4.78, 5) is 69.6. The van der Waals surface area contributed by atoms with Crippen molar-refractivity contribution >= 4 is 36.5 Å². The molecule has 0 radical (unpaired) electrons. The van der Waals surface area contributed by atoms with E-state index in [2.05, 4.69) is 15.6 Å². The number of aryl methyl sites for hydroxylation is 1. The van der Waals surface area contributed by atoms with Crippen molar-refractivity contribution in [2.45, 2.75) is 58.2 Å². The van der Waals surface area contributed by atoms with E-state index >= 15 is 0 Å². The van der Waals surface area contributed by atoms with E-state index in [1.807, 2.05) is 32.3 Å². The van der Waals surface area contributed by atoms with E-state index in [1.165, 1.54) is 6.07 Å². The van der Waals surface area contributed by atoms with E-state index < -0.39 is 31.7 Å². The van der Waals surface area contributed by atoms with Crippen molar-refractivity contribution in [3.05, 3.63) is 46.8 Å². The summed E-state index contributed by atoms with van der Waals surface area (Å²) in [7, 11) is -2.88. The lowest BCUT2D eigenvalue weighted by Gasteiger charge is -2.30. The van der Waals surface area contributed by atoms with Crippen LogP contribution < -0.4 is 10.6 Å². The molecule has 2 aromatic heterocycles. The Balaban J connectivity index is 1.54. The van der Waals surface area contributed by atoms with Crippen LogP contribution in [0, 0.1) is 0 Å². The first-order valence-electron chi connectivity index (χ1n) is 12.7. The number of urea groups is 1. The summed E-state index contributed by atoms with van der Waals surface area (Å²) in [5.41, 5.74) is 2.77. The van der Waals surface area contributed by atoms with Crippen molar-refractivity contribution in [2.24, 2.45) is 7.05 Å². The summed E-state index contributed by atoms with van der Waals surface area (Å²) in [5.74, 6) is -1.21. The van der Waals surface area contributed by atoms with Crippen molar-refractivity contribution in [1.82, 2.24) is 35.1 Å². The molecule has 0 aliphatic carbocycles. The maximum absolute atomic E-state index is 12.7. The summed E-state index contributed by atoms with van der Waals surface area (Å²) in [5, 5.41) is 14.4. The number of carboxylic acids is 1. The molecule has 0 fully saturated rings. The Hall–Kier alpha value is -3.74. The predicted molar refractivity (Wildman–Crippen MR) is 145 cm³/mol. The van der Waals surface area contributed by atoms with Crippen LogP contribution in [0.15, 0.2) is 18.2 Å². The molecule has 40 heavy (non-hydrogen) atoms. The van der Waals surface area contributed by atoms with Gasteiger partial charge in [-0.05, 0) is 45.9 Å². The second-order valence-corrected chi connectivity index (χ2v) is 12.8. The topological polar surface area (TPSA) is 203 Å². The van der Waals surface area contributed by atoms with Gasteiger partial charge in [0.25, 0.3) is 5.91 Å². The number of aromatic nitrogens is 4. The van der Waals surface area contributed by atoms with E-state index in [-0.39, 0.29) is 23.1 Å². The SMILES string of the molecule is CC(c1nc2c([nH]1)CN(C(=O)NC(C)(C)C)CC2)c1nc2ccc(C(=O)NC(CP(=O)(O)O)C(=O)O)cc2n1C. The minimum Gasteiger partial charge on any atom is -0.480 e. The zero-order valence-electron chi connectivity index (χ0n) is 22.9. The third-order valence-corrected chi connectivity index (χ3v) is 7.46. The second-order valence-electron chi connectivity index (χ2n) is 11.1. The molecule has 3 heterocycles. The Morgan fingerprint density at radius 3 is 2.52 bits per heavy atom. The highest BCUT2D eigenvalue weighted by molar-refractivity contribution is 7.51. The monoisotopic (exact) mass is 575 g/mol. The van der Waals surface area contributed by atoms with Gasteiger partial charge in [-0.1, -0.05) is 0 Å². The largest absolute Gasteiger partial charge is 0.480 e. The van der Waals surface area contributed by atoms with Crippen molar-refractivity contribution < 1.29 is 33.8 Å². The van der Waals surface area contributed by atoms with Gasteiger partial charge in [-0.15, -0.1) is 0 Å². The number of hydrogen-bond acceptors (Lipinski definition) is 6. The molecule has 3 amide bonds. The van der Waals surface area contributed by atoms with Crippen LogP contribution in [-0.2, 0) is 29.4 Å². The van der Waals surface area contributed by atoms with Crippen LogP contribution in [0.25, 0.3) is 11.0 Å². The number of aliphatic carboxylic acids is 1. The molecule has 1 aliphatic rings. The van der Waals surface area contributed by atoms with Gasteiger partial charge in [0, 0.05) is 31.1 Å². The predicted octanol–water partition coefficient (Wildman–Crippen LogP) is 1.68. The van der Waals surface area contributed by atoms with E-state index in [0.29, 0.717) is 42.2 Å². The first-order valence-corrected chi connectivity index (χ1v) is 14.5. The minimum absolute atomic E-state index is 0.119. The van der Waals surface area contributed by atoms with E-state index in [9.17, 15) is 24.1 Å². The van der Waals surface area contributed by atoms with Gasteiger partial charge < -0.3 is 40.0 Å². The van der Waals surface area contributed by atoms with Crippen molar-refractivity contribution in [1.29, 1.82) is 0 Å². The molecular weight excluding hydrogens is 541 g/mol. The lowest BCUT2D eigenvalue weighted by atomic mass is 10.1. The molecule has 0 bridgehead atoms. The summed E-state index contributed by atoms with van der Waals surface area (Å²) >= 11 is 0. The number of hydrogen-bond donors (Lipinski definition) is 6. The maximum Gasteiger partial charge on any atom is 0.328 e. The minimum atomic E-state index is -4.67. The van der Waals surface area contributed by atoms with Gasteiger partial charge in [-0.25, -0.2) is 19.6 Å². The number of nitrogens with one attached hydrogen (secondary N) is 3. The smallest absolute Gasteiger partial charge is 0.328 e. The molecule has 1 aromatic carbocycles. The van der Waals surface area contributed by atoms with Crippen LogP contribution >= 0.6 is 7.60 Å². The van der Waals surface area contributed by atoms with Gasteiger partial charge in [0.2, 0.25) is 0 Å². The molecule has 2 atom stereocenters. The highest BCUT2D eigenvalue weighted by Crippen LogP contribution is 2.35. The molecule has 4 rings (SSSR count). The Kier molecular flexibility index (Phi) is 7.81. The fourth-order valence-corrected chi connectivity index (χ4v) is 5.34. The molecule has 0 spiro atoms. The summed E-state index contributed by atoms with van der Waals surface area (Å²) in [6.45, 7) is 8.72. The fraction of sp³-hybridized carbons (Fsp3) is 0.480. The zero-order chi connectivity index (χ0) is 29.6. The molecule has 0 saturated carbocycles. The van der Waals surface area contributed by atoms with Gasteiger partial charge in [-0.3, -0.25) is 9.36 Å². The number of carboxylic acid groups (broad SMARTS) is 1. The Bertz CT molecular complexity index is 1520. The highest BCUT2D eigenvalue weighted by atomic mass is 31.2. The van der Waals surface area contributed by atoms with E-state index in [1.54, 1.807) is 24.1 Å². The molecule has 0 saturated heterocycles. The van der Waals surface area contributed by atoms with Crippen LogP contribution in [0.1, 0.15) is 67.0 Å². The summed E-state index contributed by atoms with van der Waals surface area (Å²) in [6.07, 6.45) is -0.397. The van der Waals surface area contributed by atoms with Crippen LogP contribution in [0.4, 0.5) is 4.79 Å². The van der Waals surface area contributed by atoms with Gasteiger partial charge in [0.15, 0.2) is 0 Å². The normalized spacial score (nSPS) is 15.4. The molecule has 3 aromatic rings. The third-order valence-electron chi connectivity index (χ3n) is 6.62. The van der Waals surface area contributed by atoms with Gasteiger partial charge in [0.05, 0.1) is 41.0 Å². The molecule has 15 heteroatoms. The number of amides is 3. The fourth-order valence-electron chi connectivity index (χ4n) is 4.62. The molecule has 2 unspecified atom stereocenters. The molecule has 1 aliphatic heterocycles. The number of fused-ring (bicyclic) bond motifs is 2. The average Bonchev–Trinajstić information content (AvgIpc) is 3.41. The van der Waals surface area contributed by atoms with Crippen molar-refractivity contribution in [3.63, 3.8) is 0 Å². The number of rotatable bonds is 7. The van der Waals surface area contributed by atoms with Crippen molar-refractivity contribution in [3.8, 4) is 0 Å². The third kappa shape index (κ3) is 6.52. The lowest BCUT2D eigenvalue weighted by Crippen LogP contribution is -2.49. The average molecular weight is 576 g/mol. The summed E-state index contributed by atoms with van der Waals surface area (Å²) in [6, 6.07) is 2.76. The Morgan fingerprint density at radius 1 is 1.20 bits per heavy atom. The van der Waals surface area contributed by atoms with Crippen LogP contribution in [0.5, 0.6) is 0 Å². The molecule has 14 nitrogen and oxygen atoms in total. The lowest BCUT2D eigenvalue weighted by molar-refractivity contribution is -0.138. The number of aromatic amines is 1. The number of carbonyl (C=O) groups is 3. The number of carbonyl (C=O) groups excluding carboxylic acids is 2. The maximum atomic E-state index is 12.7. The van der Waals surface area contributed by atoms with E-state index in [4.69, 9.17) is 19.8 Å². The Labute approximate surface area is 230 Å². The summed E-state index contributed by atoms with van der Waals surface area (Å²) < 4.78 is 13.1. The van der Waals surface area contributed by atoms with Gasteiger partial charge >= 0.3 is 19.6 Å². The van der Waals surface area contributed by atoms with Crippen LogP contribution in [-0.4, -0.2) is 81.5 Å². The number of H-pyrrole nitrogens is 1. The Morgan fingerprint density at radius 2 is 1.90 bits per heavy atom. The standard InChI is InChI=1S/C25H34N7O7P/c1-13(20-26-15-8-9-32(11-17(15)27-20)24(36)30-25(2,3)4)21-28-16-7-6-14(10-19(16)31(21)5)22(33)29-18(23(34)35)12-40(37,38)39/h6-7,10,13,18H,8-9,11-12H2,1-5H3,(H,26,27)(H,29,33)(H,30,36)(H,34,35)(H2,37,38,39). The zero-order valence-corrected chi connectivity index (χ0v) is 23.8.